The average molecular weight is 431 g/mol. The van der Waals surface area contributed by atoms with Crippen molar-refractivity contribution in [2.75, 3.05) is 0 Å². The van der Waals surface area contributed by atoms with Crippen LogP contribution in [0.1, 0.15) is 40.5 Å². The van der Waals surface area contributed by atoms with Crippen molar-refractivity contribution in [2.45, 2.75) is 40.3 Å². The average Bonchev–Trinajstić information content (AvgIpc) is 2.98. The molecule has 30 heavy (non-hydrogen) atoms. The van der Waals surface area contributed by atoms with E-state index in [1.54, 1.807) is 13.8 Å². The molecular weight excluding hydrogens is 409 g/mol. The molecule has 2 heterocycles. The number of aromatic nitrogens is 2. The van der Waals surface area contributed by atoms with Crippen molar-refractivity contribution >= 4 is 33.4 Å². The van der Waals surface area contributed by atoms with E-state index in [2.05, 4.69) is 15.3 Å². The molecule has 0 aliphatic carbocycles. The highest BCUT2D eigenvalue weighted by atomic mass is 32.1. The number of thiophene rings is 1. The van der Waals surface area contributed by atoms with E-state index in [4.69, 9.17) is 4.74 Å². The fourth-order valence-electron chi connectivity index (χ4n) is 2.96. The number of carbonyl (C=O) groups is 2. The minimum Gasteiger partial charge on any atom is -0.456 e. The van der Waals surface area contributed by atoms with Gasteiger partial charge in [-0.05, 0) is 37.5 Å². The molecule has 0 fully saturated rings. The smallest absolute Gasteiger partial charge is 0.329 e. The number of fused-ring (bicyclic) bond motifs is 1. The Labute approximate surface area is 176 Å². The van der Waals surface area contributed by atoms with Gasteiger partial charge in [-0.2, -0.15) is 0 Å². The normalized spacial score (nSPS) is 12.2. The molecule has 9 heteroatoms. The summed E-state index contributed by atoms with van der Waals surface area (Å²) in [7, 11) is 0. The van der Waals surface area contributed by atoms with Crippen molar-refractivity contribution in [3.8, 4) is 0 Å². The molecule has 0 saturated carbocycles. The Morgan fingerprint density at radius 3 is 2.63 bits per heavy atom. The van der Waals surface area contributed by atoms with Crippen LogP contribution in [0.3, 0.4) is 0 Å². The van der Waals surface area contributed by atoms with Crippen LogP contribution in [0.4, 0.5) is 4.39 Å². The molecule has 158 valence electrons. The number of amides is 1. The van der Waals surface area contributed by atoms with E-state index in [1.165, 1.54) is 35.6 Å². The highest BCUT2D eigenvalue weighted by molar-refractivity contribution is 7.18. The molecule has 0 bridgehead atoms. The van der Waals surface area contributed by atoms with E-state index in [1.807, 2.05) is 13.8 Å². The quantitative estimate of drug-likeness (QED) is 0.584. The fourth-order valence-corrected chi connectivity index (χ4v) is 4.01. The molecule has 2 aromatic heterocycles. The van der Waals surface area contributed by atoms with E-state index in [0.29, 0.717) is 10.2 Å². The third-order valence-corrected chi connectivity index (χ3v) is 5.87. The minimum atomic E-state index is -0.987. The summed E-state index contributed by atoms with van der Waals surface area (Å²) in [6, 6.07) is 4.53. The number of benzene rings is 1. The van der Waals surface area contributed by atoms with Gasteiger partial charge in [0.25, 0.3) is 11.5 Å². The SMILES string of the molecule is Cc1sc2nc(COC(=O)[C@@H](NC(=O)c3ccccc3F)C(C)C)[nH]c(=O)c2c1C. The van der Waals surface area contributed by atoms with Gasteiger partial charge in [0.05, 0.1) is 10.9 Å². The number of aromatic amines is 1. The van der Waals surface area contributed by atoms with Gasteiger partial charge in [0.1, 0.15) is 29.1 Å². The van der Waals surface area contributed by atoms with Crippen molar-refractivity contribution in [1.82, 2.24) is 15.3 Å². The summed E-state index contributed by atoms with van der Waals surface area (Å²) in [5.74, 6) is -2.17. The maximum atomic E-state index is 13.8. The second-order valence-corrected chi connectivity index (χ2v) is 8.46. The van der Waals surface area contributed by atoms with Crippen LogP contribution in [0.2, 0.25) is 0 Å². The zero-order valence-corrected chi connectivity index (χ0v) is 17.9. The minimum absolute atomic E-state index is 0.157. The molecule has 0 aliphatic heterocycles. The van der Waals surface area contributed by atoms with Gasteiger partial charge in [0, 0.05) is 4.88 Å². The zero-order chi connectivity index (χ0) is 22.0. The maximum Gasteiger partial charge on any atom is 0.329 e. The summed E-state index contributed by atoms with van der Waals surface area (Å²) in [5.41, 5.74) is 0.431. The molecular formula is C21H22FN3O4S. The Morgan fingerprint density at radius 2 is 1.97 bits per heavy atom. The van der Waals surface area contributed by atoms with Gasteiger partial charge in [0.2, 0.25) is 0 Å². The highest BCUT2D eigenvalue weighted by Gasteiger charge is 2.27. The first-order chi connectivity index (χ1) is 14.2. The van der Waals surface area contributed by atoms with E-state index < -0.39 is 23.7 Å². The summed E-state index contributed by atoms with van der Waals surface area (Å²) in [6.45, 7) is 6.98. The topological polar surface area (TPSA) is 101 Å². The molecule has 1 amide bonds. The number of carbonyl (C=O) groups excluding carboxylic acids is 2. The van der Waals surface area contributed by atoms with Crippen molar-refractivity contribution in [3.63, 3.8) is 0 Å². The van der Waals surface area contributed by atoms with E-state index in [-0.39, 0.29) is 29.5 Å². The lowest BCUT2D eigenvalue weighted by molar-refractivity contribution is -0.148. The summed E-state index contributed by atoms with van der Waals surface area (Å²) in [5, 5.41) is 3.05. The predicted octanol–water partition coefficient (Wildman–Crippen LogP) is 3.24. The molecule has 0 unspecified atom stereocenters. The van der Waals surface area contributed by atoms with E-state index >= 15 is 0 Å². The fraction of sp³-hybridized carbons (Fsp3) is 0.333. The Hall–Kier alpha value is -3.07. The third-order valence-electron chi connectivity index (χ3n) is 4.76. The largest absolute Gasteiger partial charge is 0.456 e. The number of H-pyrrole nitrogens is 1. The monoisotopic (exact) mass is 431 g/mol. The molecule has 1 aromatic carbocycles. The summed E-state index contributed by atoms with van der Waals surface area (Å²) in [6.07, 6.45) is 0. The lowest BCUT2D eigenvalue weighted by Crippen LogP contribution is -2.45. The van der Waals surface area contributed by atoms with E-state index in [0.717, 1.165) is 10.4 Å². The first kappa shape index (κ1) is 21.6. The summed E-state index contributed by atoms with van der Waals surface area (Å²) < 4.78 is 19.1. The Balaban J connectivity index is 1.73. The molecule has 0 aliphatic rings. The van der Waals surface area contributed by atoms with Gasteiger partial charge >= 0.3 is 5.97 Å². The molecule has 0 spiro atoms. The van der Waals surface area contributed by atoms with Crippen LogP contribution in [0.25, 0.3) is 10.2 Å². The van der Waals surface area contributed by atoms with Gasteiger partial charge < -0.3 is 15.0 Å². The number of aryl methyl sites for hydroxylation is 2. The van der Waals surface area contributed by atoms with E-state index in [9.17, 15) is 18.8 Å². The number of ether oxygens (including phenoxy) is 1. The van der Waals surface area contributed by atoms with Crippen LogP contribution in [0, 0.1) is 25.6 Å². The molecule has 3 rings (SSSR count). The van der Waals surface area contributed by atoms with Gasteiger partial charge in [-0.15, -0.1) is 11.3 Å². The number of rotatable bonds is 6. The molecule has 7 nitrogen and oxygen atoms in total. The molecule has 0 radical (unpaired) electrons. The van der Waals surface area contributed by atoms with Crippen molar-refractivity contribution in [3.05, 3.63) is 62.3 Å². The summed E-state index contributed by atoms with van der Waals surface area (Å²) in [4.78, 5) is 45.8. The number of esters is 1. The maximum absolute atomic E-state index is 13.8. The standard InChI is InChI=1S/C21H22FN3O4S/c1-10(2)17(25-18(26)13-7-5-6-8-14(13)22)21(28)29-9-15-23-19(27)16-11(3)12(4)30-20(16)24-15/h5-8,10,17H,9H2,1-4H3,(H,25,26)(H,23,24,27)/t17-/m0/s1. The molecule has 0 saturated heterocycles. The van der Waals surface area contributed by atoms with Crippen molar-refractivity contribution in [1.29, 1.82) is 0 Å². The molecule has 1 atom stereocenters. The van der Waals surface area contributed by atoms with Gasteiger partial charge in [-0.25, -0.2) is 14.2 Å². The van der Waals surface area contributed by atoms with Crippen LogP contribution in [-0.2, 0) is 16.1 Å². The van der Waals surface area contributed by atoms with Gasteiger partial charge in [-0.3, -0.25) is 9.59 Å². The zero-order valence-electron chi connectivity index (χ0n) is 17.0. The number of halogens is 1. The predicted molar refractivity (Wildman–Crippen MR) is 112 cm³/mol. The lowest BCUT2D eigenvalue weighted by Gasteiger charge is -2.21. The first-order valence-electron chi connectivity index (χ1n) is 9.40. The Kier molecular flexibility index (Phi) is 6.31. The summed E-state index contributed by atoms with van der Waals surface area (Å²) >= 11 is 1.40. The van der Waals surface area contributed by atoms with Crippen LogP contribution < -0.4 is 10.9 Å². The Morgan fingerprint density at radius 1 is 1.27 bits per heavy atom. The molecule has 2 N–H and O–H groups in total. The highest BCUT2D eigenvalue weighted by Crippen LogP contribution is 2.25. The van der Waals surface area contributed by atoms with Crippen LogP contribution in [0.5, 0.6) is 0 Å². The second-order valence-electron chi connectivity index (χ2n) is 7.26. The lowest BCUT2D eigenvalue weighted by atomic mass is 10.0. The van der Waals surface area contributed by atoms with Gasteiger partial charge in [0.15, 0.2) is 0 Å². The van der Waals surface area contributed by atoms with Crippen LogP contribution in [0.15, 0.2) is 29.1 Å². The van der Waals surface area contributed by atoms with Crippen molar-refractivity contribution in [2.24, 2.45) is 5.92 Å². The first-order valence-corrected chi connectivity index (χ1v) is 10.2. The van der Waals surface area contributed by atoms with Crippen LogP contribution >= 0.6 is 11.3 Å². The molecule has 3 aromatic rings. The van der Waals surface area contributed by atoms with Gasteiger partial charge in [-0.1, -0.05) is 26.0 Å². The second kappa shape index (κ2) is 8.74. The number of hydrogen-bond acceptors (Lipinski definition) is 6. The van der Waals surface area contributed by atoms with Crippen molar-refractivity contribution < 1.29 is 18.7 Å². The Bertz CT molecular complexity index is 1170. The number of nitrogens with zero attached hydrogens (tertiary/aromatic N) is 1. The number of nitrogens with one attached hydrogen (secondary N) is 2. The van der Waals surface area contributed by atoms with Crippen LogP contribution in [-0.4, -0.2) is 27.9 Å². The number of hydrogen-bond donors (Lipinski definition) is 2. The third kappa shape index (κ3) is 4.40.